The monoisotopic (exact) mass is 373 g/mol. The molecular formula is C19H24BrNSi. The zero-order chi connectivity index (χ0) is 15.9. The Kier molecular flexibility index (Phi) is 2.94. The summed E-state index contributed by atoms with van der Waals surface area (Å²) in [6.07, 6.45) is 8.46. The lowest BCUT2D eigenvalue weighted by Crippen LogP contribution is -2.45. The van der Waals surface area contributed by atoms with Gasteiger partial charge in [-0.15, -0.1) is 0 Å². The lowest BCUT2D eigenvalue weighted by Gasteiger charge is -2.39. The molecule has 1 nitrogen and oxygen atoms in total. The van der Waals surface area contributed by atoms with E-state index >= 15 is 0 Å². The molecular weight excluding hydrogens is 350 g/mol. The summed E-state index contributed by atoms with van der Waals surface area (Å²) in [5.41, 5.74) is 4.67. The minimum atomic E-state index is -1.60. The second-order valence-corrected chi connectivity index (χ2v) is 14.4. The highest BCUT2D eigenvalue weighted by molar-refractivity contribution is 9.10. The standard InChI is InChI=1S/C19H24BrNSi/c1-19(2,3)22(4,5)21-9-8-14-11-15(20)16-12-6-7-13(10-12)17(16)18(14)21/h6-9,11-13H,10H2,1-5H3. The maximum absolute atomic E-state index is 3.84. The van der Waals surface area contributed by atoms with E-state index < -0.39 is 8.24 Å². The smallest absolute Gasteiger partial charge is 0.161 e. The van der Waals surface area contributed by atoms with Crippen molar-refractivity contribution in [3.63, 3.8) is 0 Å². The number of benzene rings is 1. The minimum Gasteiger partial charge on any atom is -0.374 e. The number of hydrogen-bond donors (Lipinski definition) is 0. The summed E-state index contributed by atoms with van der Waals surface area (Å²) in [5.74, 6) is 1.25. The molecule has 2 atom stereocenters. The molecule has 0 fully saturated rings. The molecule has 2 aliphatic rings. The van der Waals surface area contributed by atoms with E-state index in [1.54, 1.807) is 11.1 Å². The zero-order valence-electron chi connectivity index (χ0n) is 14.1. The molecule has 22 heavy (non-hydrogen) atoms. The maximum atomic E-state index is 3.84. The first-order valence-electron chi connectivity index (χ1n) is 8.24. The van der Waals surface area contributed by atoms with Gasteiger partial charge in [0.05, 0.1) is 0 Å². The molecule has 0 saturated carbocycles. The third-order valence-corrected chi connectivity index (χ3v) is 12.2. The van der Waals surface area contributed by atoms with E-state index in [1.165, 1.54) is 21.8 Å². The molecule has 0 spiro atoms. The van der Waals surface area contributed by atoms with Crippen molar-refractivity contribution >= 4 is 35.1 Å². The van der Waals surface area contributed by atoms with Crippen molar-refractivity contribution in [3.05, 3.63) is 46.1 Å². The van der Waals surface area contributed by atoms with Crippen LogP contribution in [-0.2, 0) is 0 Å². The van der Waals surface area contributed by atoms with Crippen LogP contribution in [0.4, 0.5) is 0 Å². The summed E-state index contributed by atoms with van der Waals surface area (Å²) in [5, 5.41) is 1.74. The average molecular weight is 374 g/mol. The van der Waals surface area contributed by atoms with Crippen LogP contribution in [0.2, 0.25) is 18.1 Å². The Bertz CT molecular complexity index is 807. The van der Waals surface area contributed by atoms with E-state index in [0.29, 0.717) is 16.9 Å². The van der Waals surface area contributed by atoms with Crippen molar-refractivity contribution in [1.82, 2.24) is 4.23 Å². The highest BCUT2D eigenvalue weighted by Gasteiger charge is 2.41. The van der Waals surface area contributed by atoms with Crippen LogP contribution in [0, 0.1) is 0 Å². The fraction of sp³-hybridized carbons (Fsp3) is 0.474. The molecule has 0 saturated heterocycles. The highest BCUT2D eigenvalue weighted by Crippen LogP contribution is 2.54. The van der Waals surface area contributed by atoms with E-state index in [1.807, 2.05) is 0 Å². The topological polar surface area (TPSA) is 4.93 Å². The minimum absolute atomic E-state index is 0.340. The first-order chi connectivity index (χ1) is 10.2. The maximum Gasteiger partial charge on any atom is 0.161 e. The molecule has 0 aliphatic heterocycles. The fourth-order valence-corrected chi connectivity index (χ4v) is 6.76. The third-order valence-electron chi connectivity index (χ3n) is 6.27. The second kappa shape index (κ2) is 4.39. The van der Waals surface area contributed by atoms with E-state index in [4.69, 9.17) is 0 Å². The van der Waals surface area contributed by atoms with Gasteiger partial charge in [0.15, 0.2) is 8.24 Å². The number of aromatic nitrogens is 1. The summed E-state index contributed by atoms with van der Waals surface area (Å²) in [4.78, 5) is 0. The largest absolute Gasteiger partial charge is 0.374 e. The molecule has 116 valence electrons. The summed E-state index contributed by atoms with van der Waals surface area (Å²) in [6, 6.07) is 4.66. The van der Waals surface area contributed by atoms with Gasteiger partial charge in [-0.05, 0) is 40.9 Å². The molecule has 2 aromatic rings. The predicted octanol–water partition coefficient (Wildman–Crippen LogP) is 6.40. The van der Waals surface area contributed by atoms with Crippen LogP contribution in [0.25, 0.3) is 10.9 Å². The van der Waals surface area contributed by atoms with Crippen molar-refractivity contribution in [2.45, 2.75) is 57.2 Å². The van der Waals surface area contributed by atoms with Gasteiger partial charge in [0.25, 0.3) is 0 Å². The molecule has 3 heteroatoms. The molecule has 2 unspecified atom stereocenters. The number of halogens is 1. The molecule has 1 heterocycles. The Morgan fingerprint density at radius 2 is 1.77 bits per heavy atom. The average Bonchev–Trinajstić information content (AvgIpc) is 3.09. The van der Waals surface area contributed by atoms with E-state index in [0.717, 1.165) is 0 Å². The Labute approximate surface area is 142 Å². The van der Waals surface area contributed by atoms with Gasteiger partial charge in [-0.1, -0.05) is 61.9 Å². The van der Waals surface area contributed by atoms with E-state index in [9.17, 15) is 0 Å². The van der Waals surface area contributed by atoms with Crippen LogP contribution >= 0.6 is 15.9 Å². The van der Waals surface area contributed by atoms with Crippen molar-refractivity contribution in [2.75, 3.05) is 0 Å². The fourth-order valence-electron chi connectivity index (χ4n) is 4.03. The number of hydrogen-bond acceptors (Lipinski definition) is 0. The zero-order valence-corrected chi connectivity index (χ0v) is 16.7. The lowest BCUT2D eigenvalue weighted by atomic mass is 9.95. The Morgan fingerprint density at radius 3 is 2.41 bits per heavy atom. The second-order valence-electron chi connectivity index (χ2n) is 8.45. The molecule has 0 radical (unpaired) electrons. The number of nitrogens with zero attached hydrogens (tertiary/aromatic N) is 1. The van der Waals surface area contributed by atoms with Crippen LogP contribution in [-0.4, -0.2) is 12.5 Å². The van der Waals surface area contributed by atoms with Gasteiger partial charge < -0.3 is 4.23 Å². The summed E-state index contributed by atoms with van der Waals surface area (Å²) < 4.78 is 3.97. The first-order valence-corrected chi connectivity index (χ1v) is 12.0. The van der Waals surface area contributed by atoms with E-state index in [-0.39, 0.29) is 0 Å². The Morgan fingerprint density at radius 1 is 1.14 bits per heavy atom. The van der Waals surface area contributed by atoms with Gasteiger partial charge in [0.2, 0.25) is 0 Å². The normalized spacial score (nSPS) is 23.5. The van der Waals surface area contributed by atoms with Gasteiger partial charge in [-0.25, -0.2) is 0 Å². The SMILES string of the molecule is CC(C)(C)[Si](C)(C)n1ccc2cc(Br)c3c(c21)C1C=CC3C1. The van der Waals surface area contributed by atoms with Crippen molar-refractivity contribution < 1.29 is 0 Å². The van der Waals surface area contributed by atoms with Gasteiger partial charge >= 0.3 is 0 Å². The summed E-state index contributed by atoms with van der Waals surface area (Å²) in [7, 11) is -1.60. The molecule has 2 aliphatic carbocycles. The summed E-state index contributed by atoms with van der Waals surface area (Å²) in [6.45, 7) is 12.2. The van der Waals surface area contributed by atoms with Gasteiger partial charge in [0, 0.05) is 27.2 Å². The van der Waals surface area contributed by atoms with Crippen molar-refractivity contribution in [1.29, 1.82) is 0 Å². The molecule has 2 bridgehead atoms. The molecule has 0 N–H and O–H groups in total. The van der Waals surface area contributed by atoms with Gasteiger partial charge in [0.1, 0.15) is 0 Å². The molecule has 4 rings (SSSR count). The van der Waals surface area contributed by atoms with Crippen molar-refractivity contribution in [3.8, 4) is 0 Å². The Balaban J connectivity index is 2.06. The van der Waals surface area contributed by atoms with Crippen molar-refractivity contribution in [2.24, 2.45) is 0 Å². The van der Waals surface area contributed by atoms with E-state index in [2.05, 4.69) is 84.5 Å². The van der Waals surface area contributed by atoms with Gasteiger partial charge in [-0.3, -0.25) is 0 Å². The number of allylic oxidation sites excluding steroid dienone is 2. The number of fused-ring (bicyclic) bond motifs is 7. The van der Waals surface area contributed by atoms with Crippen LogP contribution in [0.1, 0.15) is 50.2 Å². The third kappa shape index (κ3) is 1.75. The van der Waals surface area contributed by atoms with Gasteiger partial charge in [-0.2, -0.15) is 0 Å². The summed E-state index contributed by atoms with van der Waals surface area (Å²) >= 11 is 3.84. The molecule has 1 aromatic heterocycles. The number of rotatable bonds is 1. The van der Waals surface area contributed by atoms with Crippen LogP contribution in [0.5, 0.6) is 0 Å². The molecule has 0 amide bonds. The lowest BCUT2D eigenvalue weighted by molar-refractivity contribution is 0.702. The highest BCUT2D eigenvalue weighted by atomic mass is 79.9. The quantitative estimate of drug-likeness (QED) is 0.402. The predicted molar refractivity (Wildman–Crippen MR) is 101 cm³/mol. The van der Waals surface area contributed by atoms with Crippen LogP contribution in [0.3, 0.4) is 0 Å². The molecule has 1 aromatic carbocycles. The van der Waals surface area contributed by atoms with Crippen LogP contribution < -0.4 is 0 Å². The Hall–Kier alpha value is -0.803. The van der Waals surface area contributed by atoms with Crippen LogP contribution in [0.15, 0.2) is 35.0 Å². The first kappa shape index (κ1) is 14.8.